The Kier molecular flexibility index (Phi) is 6.09. The third kappa shape index (κ3) is 4.26. The fourth-order valence-electron chi connectivity index (χ4n) is 4.71. The van der Waals surface area contributed by atoms with E-state index in [2.05, 4.69) is 58.4 Å². The number of amides is 1. The molecule has 0 unspecified atom stereocenters. The molecule has 0 radical (unpaired) electrons. The number of rotatable bonds is 5. The van der Waals surface area contributed by atoms with Crippen molar-refractivity contribution in [1.82, 2.24) is 30.2 Å². The van der Waals surface area contributed by atoms with E-state index in [-0.39, 0.29) is 18.1 Å². The molecule has 36 heavy (non-hydrogen) atoms. The first-order valence-electron chi connectivity index (χ1n) is 12.0. The first-order valence-corrected chi connectivity index (χ1v) is 12.0. The van der Waals surface area contributed by atoms with Crippen LogP contribution in [0.5, 0.6) is 0 Å². The van der Waals surface area contributed by atoms with Crippen molar-refractivity contribution in [2.24, 2.45) is 0 Å². The number of aliphatic hydroxyl groups is 1. The summed E-state index contributed by atoms with van der Waals surface area (Å²) in [6.45, 7) is 8.14. The van der Waals surface area contributed by atoms with Gasteiger partial charge in [0, 0.05) is 17.5 Å². The zero-order valence-corrected chi connectivity index (χ0v) is 20.9. The highest BCUT2D eigenvalue weighted by Crippen LogP contribution is 2.36. The minimum absolute atomic E-state index is 0.00394. The predicted octanol–water partition coefficient (Wildman–Crippen LogP) is 3.83. The molecule has 5 rings (SSSR count). The Bertz CT molecular complexity index is 1440. The van der Waals surface area contributed by atoms with Gasteiger partial charge in [0.25, 0.3) is 0 Å². The van der Waals surface area contributed by atoms with Gasteiger partial charge in [0.2, 0.25) is 5.91 Å². The van der Waals surface area contributed by atoms with Crippen LogP contribution in [0.4, 0.5) is 5.82 Å². The quantitative estimate of drug-likeness (QED) is 0.459. The first kappa shape index (κ1) is 23.7. The van der Waals surface area contributed by atoms with E-state index in [0.29, 0.717) is 42.5 Å². The molecule has 0 saturated carbocycles. The lowest BCUT2D eigenvalue weighted by atomic mass is 9.93. The monoisotopic (exact) mass is 483 g/mol. The molecule has 0 saturated heterocycles. The van der Waals surface area contributed by atoms with Gasteiger partial charge in [-0.2, -0.15) is 0 Å². The van der Waals surface area contributed by atoms with Crippen LogP contribution in [0.1, 0.15) is 49.8 Å². The lowest BCUT2D eigenvalue weighted by Gasteiger charge is -2.30. The van der Waals surface area contributed by atoms with Gasteiger partial charge in [-0.1, -0.05) is 48.5 Å². The Hall–Kier alpha value is -3.98. The van der Waals surface area contributed by atoms with Crippen LogP contribution in [0.3, 0.4) is 0 Å². The van der Waals surface area contributed by atoms with Gasteiger partial charge < -0.3 is 5.11 Å². The number of tetrazole rings is 1. The summed E-state index contributed by atoms with van der Waals surface area (Å²) in [6, 6.07) is 16.1. The second kappa shape index (κ2) is 9.23. The van der Waals surface area contributed by atoms with Crippen molar-refractivity contribution in [3.05, 3.63) is 71.2 Å². The maximum Gasteiger partial charge on any atom is 0.228 e. The Morgan fingerprint density at radius 3 is 2.36 bits per heavy atom. The van der Waals surface area contributed by atoms with Crippen molar-refractivity contribution in [1.29, 1.82) is 0 Å². The zero-order chi connectivity index (χ0) is 25.4. The smallest absolute Gasteiger partial charge is 0.228 e. The summed E-state index contributed by atoms with van der Waals surface area (Å²) in [5.41, 5.74) is 4.99. The molecule has 0 bridgehead atoms. The molecule has 0 spiro atoms. The predicted molar refractivity (Wildman–Crippen MR) is 136 cm³/mol. The molecular weight excluding hydrogens is 454 g/mol. The maximum absolute atomic E-state index is 13.1. The van der Waals surface area contributed by atoms with E-state index in [1.807, 2.05) is 41.1 Å². The van der Waals surface area contributed by atoms with E-state index in [1.54, 1.807) is 11.8 Å². The minimum Gasteiger partial charge on any atom is -0.390 e. The van der Waals surface area contributed by atoms with E-state index in [0.717, 1.165) is 27.8 Å². The molecule has 1 amide bonds. The molecule has 0 fully saturated rings. The standard InChI is InChI=1S/C27H29N7O2/c1-17-28-23(16-35)22-13-14-24(36)33(25(22)29-17)15-18-9-5-6-10-19(18)20-11-7-8-12-21(20)26-30-31-32-34(26)27(2,3)4/h5-12,35H,13-16H2,1-4H3. The van der Waals surface area contributed by atoms with Crippen molar-refractivity contribution >= 4 is 11.7 Å². The van der Waals surface area contributed by atoms with Crippen molar-refractivity contribution in [2.45, 2.75) is 59.2 Å². The Labute approximate surface area is 209 Å². The number of nitrogens with zero attached hydrogens (tertiary/aromatic N) is 7. The Morgan fingerprint density at radius 1 is 0.944 bits per heavy atom. The second-order valence-electron chi connectivity index (χ2n) is 9.95. The van der Waals surface area contributed by atoms with E-state index >= 15 is 0 Å². The average Bonchev–Trinajstić information content (AvgIpc) is 3.36. The molecule has 2 aromatic carbocycles. The number of benzene rings is 2. The lowest BCUT2D eigenvalue weighted by Crippen LogP contribution is -2.36. The molecule has 9 nitrogen and oxygen atoms in total. The number of aromatic nitrogens is 6. The molecule has 184 valence electrons. The van der Waals surface area contributed by atoms with Gasteiger partial charge in [-0.3, -0.25) is 9.69 Å². The summed E-state index contributed by atoms with van der Waals surface area (Å²) in [5, 5.41) is 22.4. The van der Waals surface area contributed by atoms with Crippen molar-refractivity contribution < 1.29 is 9.90 Å². The van der Waals surface area contributed by atoms with Gasteiger partial charge in [0.05, 0.1) is 24.4 Å². The largest absolute Gasteiger partial charge is 0.390 e. The van der Waals surface area contributed by atoms with Crippen LogP contribution < -0.4 is 4.90 Å². The normalized spacial score (nSPS) is 13.7. The zero-order valence-electron chi connectivity index (χ0n) is 20.9. The molecule has 1 N–H and O–H groups in total. The van der Waals surface area contributed by atoms with E-state index in [1.165, 1.54) is 0 Å². The molecule has 1 aliphatic heterocycles. The lowest BCUT2D eigenvalue weighted by molar-refractivity contribution is -0.119. The van der Waals surface area contributed by atoms with Gasteiger partial charge in [0.15, 0.2) is 5.82 Å². The SMILES string of the molecule is Cc1nc(CO)c2c(n1)N(Cc1ccccc1-c1ccccc1-c1nnnn1C(C)(C)C)C(=O)CC2. The van der Waals surface area contributed by atoms with Gasteiger partial charge in [-0.05, 0) is 61.2 Å². The van der Waals surface area contributed by atoms with Gasteiger partial charge in [-0.25, -0.2) is 14.6 Å². The molecule has 4 aromatic rings. The number of aryl methyl sites for hydroxylation is 1. The highest BCUT2D eigenvalue weighted by atomic mass is 16.3. The fraction of sp³-hybridized carbons (Fsp3) is 0.333. The van der Waals surface area contributed by atoms with Crippen molar-refractivity contribution in [3.8, 4) is 22.5 Å². The minimum atomic E-state index is -0.294. The Morgan fingerprint density at radius 2 is 1.64 bits per heavy atom. The van der Waals surface area contributed by atoms with Crippen LogP contribution in [0, 0.1) is 6.92 Å². The molecule has 1 aliphatic rings. The van der Waals surface area contributed by atoms with Crippen molar-refractivity contribution in [2.75, 3.05) is 4.90 Å². The van der Waals surface area contributed by atoms with Crippen LogP contribution in [0.25, 0.3) is 22.5 Å². The molecule has 2 aromatic heterocycles. The van der Waals surface area contributed by atoms with Crippen LogP contribution in [0.15, 0.2) is 48.5 Å². The molecule has 0 aliphatic carbocycles. The number of hydrogen-bond donors (Lipinski definition) is 1. The number of hydrogen-bond acceptors (Lipinski definition) is 7. The van der Waals surface area contributed by atoms with E-state index in [9.17, 15) is 9.90 Å². The third-order valence-corrected chi connectivity index (χ3v) is 6.39. The molecular formula is C27H29N7O2. The summed E-state index contributed by atoms with van der Waals surface area (Å²) in [4.78, 5) is 23.8. The van der Waals surface area contributed by atoms with Gasteiger partial charge in [0.1, 0.15) is 11.6 Å². The molecule has 9 heteroatoms. The highest BCUT2D eigenvalue weighted by molar-refractivity contribution is 5.96. The van der Waals surface area contributed by atoms with Crippen molar-refractivity contribution in [3.63, 3.8) is 0 Å². The van der Waals surface area contributed by atoms with Crippen LogP contribution in [0.2, 0.25) is 0 Å². The number of carbonyl (C=O) groups excluding carboxylic acids is 1. The van der Waals surface area contributed by atoms with E-state index < -0.39 is 0 Å². The van der Waals surface area contributed by atoms with Gasteiger partial charge >= 0.3 is 0 Å². The van der Waals surface area contributed by atoms with Crippen LogP contribution in [-0.2, 0) is 29.9 Å². The number of carbonyl (C=O) groups is 1. The molecule has 0 atom stereocenters. The van der Waals surface area contributed by atoms with E-state index in [4.69, 9.17) is 0 Å². The average molecular weight is 484 g/mol. The topological polar surface area (TPSA) is 110 Å². The summed E-state index contributed by atoms with van der Waals surface area (Å²) < 4.78 is 1.83. The summed E-state index contributed by atoms with van der Waals surface area (Å²) in [5.74, 6) is 1.81. The summed E-state index contributed by atoms with van der Waals surface area (Å²) in [6.07, 6.45) is 0.881. The molecule has 3 heterocycles. The van der Waals surface area contributed by atoms with Crippen LogP contribution in [-0.4, -0.2) is 41.2 Å². The number of aliphatic hydroxyl groups excluding tert-OH is 1. The fourth-order valence-corrected chi connectivity index (χ4v) is 4.71. The number of fused-ring (bicyclic) bond motifs is 1. The van der Waals surface area contributed by atoms with Gasteiger partial charge in [-0.15, -0.1) is 5.10 Å². The summed E-state index contributed by atoms with van der Waals surface area (Å²) >= 11 is 0. The number of anilines is 1. The second-order valence-corrected chi connectivity index (χ2v) is 9.95. The maximum atomic E-state index is 13.1. The third-order valence-electron chi connectivity index (χ3n) is 6.39. The van der Waals surface area contributed by atoms with Crippen LogP contribution >= 0.6 is 0 Å². The highest BCUT2D eigenvalue weighted by Gasteiger charge is 2.30. The summed E-state index contributed by atoms with van der Waals surface area (Å²) in [7, 11) is 0. The Balaban J connectivity index is 1.61. The first-order chi connectivity index (χ1) is 17.3.